The molecule has 1 unspecified atom stereocenters. The van der Waals surface area contributed by atoms with Gasteiger partial charge in [0.1, 0.15) is 4.32 Å². The molecule has 0 aliphatic carbocycles. The first-order valence-electron chi connectivity index (χ1n) is 7.08. The molecule has 1 aromatic rings. The van der Waals surface area contributed by atoms with Crippen molar-refractivity contribution in [2.24, 2.45) is 0 Å². The summed E-state index contributed by atoms with van der Waals surface area (Å²) < 4.78 is 0.620. The number of anilines is 1. The van der Waals surface area contributed by atoms with Crippen molar-refractivity contribution in [3.8, 4) is 0 Å². The van der Waals surface area contributed by atoms with Crippen molar-refractivity contribution in [1.29, 1.82) is 0 Å². The van der Waals surface area contributed by atoms with E-state index < -0.39 is 0 Å². The zero-order valence-electron chi connectivity index (χ0n) is 12.2. The van der Waals surface area contributed by atoms with Gasteiger partial charge in [-0.25, -0.2) is 0 Å². The molecule has 0 spiro atoms. The third-order valence-corrected chi connectivity index (χ3v) is 5.29. The van der Waals surface area contributed by atoms with Gasteiger partial charge in [-0.05, 0) is 37.1 Å². The van der Waals surface area contributed by atoms with E-state index in [1.54, 1.807) is 29.2 Å². The second-order valence-electron chi connectivity index (χ2n) is 4.93. The number of hydrogen-bond acceptors (Lipinski definition) is 4. The summed E-state index contributed by atoms with van der Waals surface area (Å²) in [6.07, 6.45) is 1.70. The molecule has 0 bridgehead atoms. The quantitative estimate of drug-likeness (QED) is 0.789. The van der Waals surface area contributed by atoms with Crippen LogP contribution in [-0.2, 0) is 9.59 Å². The molecule has 1 aliphatic rings. The van der Waals surface area contributed by atoms with Gasteiger partial charge < -0.3 is 5.32 Å². The highest BCUT2D eigenvalue weighted by molar-refractivity contribution is 8.24. The lowest BCUT2D eigenvalue weighted by Gasteiger charge is -2.15. The van der Waals surface area contributed by atoms with E-state index in [9.17, 15) is 9.59 Å². The lowest BCUT2D eigenvalue weighted by molar-refractivity contribution is -0.126. The first-order chi connectivity index (χ1) is 10.5. The molecule has 1 heterocycles. The number of benzene rings is 1. The van der Waals surface area contributed by atoms with Gasteiger partial charge in [0, 0.05) is 23.7 Å². The standard InChI is InChI=1S/C15H17ClN2O2S2/c1-2-12-14(20)18(15(21)22-12)9-3-4-13(19)17-11-7-5-10(16)6-8-11/h5-8,12H,2-4,9H2,1H3,(H,17,19). The molecule has 0 radical (unpaired) electrons. The molecule has 1 aliphatic heterocycles. The lowest BCUT2D eigenvalue weighted by atomic mass is 10.2. The number of carbonyl (C=O) groups is 2. The Morgan fingerprint density at radius 1 is 1.41 bits per heavy atom. The molecule has 1 fully saturated rings. The SMILES string of the molecule is CCC1SC(=S)N(CCCC(=O)Nc2ccc(Cl)cc2)C1=O. The fourth-order valence-corrected chi connectivity index (χ4v) is 3.72. The summed E-state index contributed by atoms with van der Waals surface area (Å²) in [6, 6.07) is 6.95. The molecule has 1 aromatic carbocycles. The van der Waals surface area contributed by atoms with E-state index in [1.807, 2.05) is 6.92 Å². The molecule has 22 heavy (non-hydrogen) atoms. The van der Waals surface area contributed by atoms with Crippen LogP contribution in [-0.4, -0.2) is 32.8 Å². The van der Waals surface area contributed by atoms with Crippen LogP contribution in [0.2, 0.25) is 5.02 Å². The third-order valence-electron chi connectivity index (χ3n) is 3.29. The summed E-state index contributed by atoms with van der Waals surface area (Å²) in [5.74, 6) is -0.0183. The van der Waals surface area contributed by atoms with Gasteiger partial charge in [0.25, 0.3) is 0 Å². The second-order valence-corrected chi connectivity index (χ2v) is 7.20. The molecule has 4 nitrogen and oxygen atoms in total. The highest BCUT2D eigenvalue weighted by Gasteiger charge is 2.35. The lowest BCUT2D eigenvalue weighted by Crippen LogP contribution is -2.32. The van der Waals surface area contributed by atoms with Crippen molar-refractivity contribution < 1.29 is 9.59 Å². The Morgan fingerprint density at radius 3 is 2.68 bits per heavy atom. The van der Waals surface area contributed by atoms with Crippen molar-refractivity contribution in [3.63, 3.8) is 0 Å². The smallest absolute Gasteiger partial charge is 0.241 e. The molecule has 1 saturated heterocycles. The van der Waals surface area contributed by atoms with Gasteiger partial charge in [0.2, 0.25) is 11.8 Å². The maximum Gasteiger partial charge on any atom is 0.241 e. The van der Waals surface area contributed by atoms with E-state index in [2.05, 4.69) is 5.32 Å². The summed E-state index contributed by atoms with van der Waals surface area (Å²) in [4.78, 5) is 25.5. The highest BCUT2D eigenvalue weighted by Crippen LogP contribution is 2.29. The maximum absolute atomic E-state index is 12.1. The van der Waals surface area contributed by atoms with E-state index >= 15 is 0 Å². The van der Waals surface area contributed by atoms with Gasteiger partial charge in [-0.15, -0.1) is 0 Å². The molecular formula is C15H17ClN2O2S2. The number of hydrogen-bond donors (Lipinski definition) is 1. The van der Waals surface area contributed by atoms with Gasteiger partial charge >= 0.3 is 0 Å². The Kier molecular flexibility index (Phi) is 6.23. The van der Waals surface area contributed by atoms with Crippen LogP contribution in [0.5, 0.6) is 0 Å². The molecule has 2 rings (SSSR count). The minimum absolute atomic E-state index is 0.0598. The fourth-order valence-electron chi connectivity index (χ4n) is 2.11. The van der Waals surface area contributed by atoms with E-state index in [4.69, 9.17) is 23.8 Å². The Bertz CT molecular complexity index is 577. The van der Waals surface area contributed by atoms with E-state index in [-0.39, 0.29) is 17.1 Å². The molecule has 2 amide bonds. The number of halogens is 1. The normalized spacial score (nSPS) is 17.9. The summed E-state index contributed by atoms with van der Waals surface area (Å²) in [7, 11) is 0. The Morgan fingerprint density at radius 2 is 2.09 bits per heavy atom. The van der Waals surface area contributed by atoms with Crippen LogP contribution in [0.1, 0.15) is 26.2 Å². The highest BCUT2D eigenvalue weighted by atomic mass is 35.5. The van der Waals surface area contributed by atoms with Crippen LogP contribution in [0.3, 0.4) is 0 Å². The number of thioether (sulfide) groups is 1. The van der Waals surface area contributed by atoms with Gasteiger partial charge in [-0.1, -0.05) is 42.5 Å². The number of amides is 2. The van der Waals surface area contributed by atoms with Crippen LogP contribution >= 0.6 is 35.6 Å². The van der Waals surface area contributed by atoms with Crippen molar-refractivity contribution in [1.82, 2.24) is 4.90 Å². The van der Waals surface area contributed by atoms with Crippen LogP contribution in [0.15, 0.2) is 24.3 Å². The third kappa shape index (κ3) is 4.44. The number of thiocarbonyl (C=S) groups is 1. The van der Waals surface area contributed by atoms with Gasteiger partial charge in [0.05, 0.1) is 5.25 Å². The summed E-state index contributed by atoms with van der Waals surface area (Å²) >= 11 is 12.4. The fraction of sp³-hybridized carbons (Fsp3) is 0.400. The van der Waals surface area contributed by atoms with Crippen LogP contribution in [0, 0.1) is 0 Å². The largest absolute Gasteiger partial charge is 0.326 e. The van der Waals surface area contributed by atoms with Crippen LogP contribution in [0.4, 0.5) is 5.69 Å². The van der Waals surface area contributed by atoms with Crippen molar-refractivity contribution in [2.45, 2.75) is 31.4 Å². The topological polar surface area (TPSA) is 49.4 Å². The Labute approximate surface area is 144 Å². The predicted molar refractivity (Wildman–Crippen MR) is 95.3 cm³/mol. The summed E-state index contributed by atoms with van der Waals surface area (Å²) in [6.45, 7) is 2.47. The van der Waals surface area contributed by atoms with E-state index in [1.165, 1.54) is 11.8 Å². The van der Waals surface area contributed by atoms with Crippen LogP contribution in [0.25, 0.3) is 0 Å². The number of nitrogens with zero attached hydrogens (tertiary/aromatic N) is 1. The van der Waals surface area contributed by atoms with Crippen LogP contribution < -0.4 is 5.32 Å². The molecule has 1 atom stereocenters. The zero-order valence-corrected chi connectivity index (χ0v) is 14.6. The summed E-state index contributed by atoms with van der Waals surface area (Å²) in [5, 5.41) is 3.36. The van der Waals surface area contributed by atoms with Crippen molar-refractivity contribution in [3.05, 3.63) is 29.3 Å². The molecule has 0 saturated carbocycles. The van der Waals surface area contributed by atoms with Crippen molar-refractivity contribution >= 4 is 57.4 Å². The minimum Gasteiger partial charge on any atom is -0.326 e. The second kappa shape index (κ2) is 7.94. The van der Waals surface area contributed by atoms with Gasteiger partial charge in [-0.3, -0.25) is 14.5 Å². The molecule has 7 heteroatoms. The van der Waals surface area contributed by atoms with Gasteiger partial charge in [0.15, 0.2) is 0 Å². The summed E-state index contributed by atoms with van der Waals surface area (Å²) in [5.41, 5.74) is 0.712. The molecular weight excluding hydrogens is 340 g/mol. The zero-order chi connectivity index (χ0) is 16.1. The monoisotopic (exact) mass is 356 g/mol. The Balaban J connectivity index is 1.76. The average Bonchev–Trinajstić information content (AvgIpc) is 2.77. The first kappa shape index (κ1) is 17.2. The predicted octanol–water partition coefficient (Wildman–Crippen LogP) is 3.70. The minimum atomic E-state index is -0.0837. The first-order valence-corrected chi connectivity index (χ1v) is 8.75. The molecule has 0 aromatic heterocycles. The van der Waals surface area contributed by atoms with E-state index in [0.717, 1.165) is 6.42 Å². The number of carbonyl (C=O) groups excluding carboxylic acids is 2. The van der Waals surface area contributed by atoms with Crippen molar-refractivity contribution in [2.75, 3.05) is 11.9 Å². The van der Waals surface area contributed by atoms with Gasteiger partial charge in [-0.2, -0.15) is 0 Å². The number of nitrogens with one attached hydrogen (secondary N) is 1. The molecule has 118 valence electrons. The Hall–Kier alpha value is -1.11. The van der Waals surface area contributed by atoms with E-state index in [0.29, 0.717) is 34.4 Å². The maximum atomic E-state index is 12.1. The molecule has 1 N–H and O–H groups in total. The number of rotatable bonds is 6. The average molecular weight is 357 g/mol.